The highest BCUT2D eigenvalue weighted by molar-refractivity contribution is 6.03. The summed E-state index contributed by atoms with van der Waals surface area (Å²) in [6.45, 7) is 2.87. The Labute approximate surface area is 126 Å². The van der Waals surface area contributed by atoms with Crippen molar-refractivity contribution in [1.29, 1.82) is 0 Å². The largest absolute Gasteiger partial charge is 0.378 e. The number of ether oxygens (including phenoxy) is 1. The van der Waals surface area contributed by atoms with Crippen molar-refractivity contribution >= 4 is 17.5 Å². The zero-order chi connectivity index (χ0) is 15.4. The third kappa shape index (κ3) is 3.37. The first-order valence-electron chi connectivity index (χ1n) is 6.96. The molecule has 114 valence electrons. The number of benzene rings is 1. The molecule has 2 aromatic rings. The zero-order valence-electron chi connectivity index (χ0n) is 11.8. The highest BCUT2D eigenvalue weighted by Crippen LogP contribution is 2.14. The molecule has 22 heavy (non-hydrogen) atoms. The molecule has 0 aliphatic carbocycles. The van der Waals surface area contributed by atoms with Crippen LogP contribution in [0.25, 0.3) is 0 Å². The van der Waals surface area contributed by atoms with Crippen molar-refractivity contribution in [3.63, 3.8) is 0 Å². The van der Waals surface area contributed by atoms with Crippen LogP contribution < -0.4 is 10.2 Å². The molecule has 0 saturated carbocycles. The van der Waals surface area contributed by atoms with Crippen molar-refractivity contribution in [2.24, 2.45) is 0 Å². The number of hydrogen-bond acceptors (Lipinski definition) is 5. The third-order valence-corrected chi connectivity index (χ3v) is 3.31. The number of amides is 1. The molecule has 2 heterocycles. The number of morpholine rings is 1. The first-order chi connectivity index (χ1) is 10.7. The summed E-state index contributed by atoms with van der Waals surface area (Å²) >= 11 is 0. The number of halogens is 1. The molecule has 1 aromatic carbocycles. The Balaban J connectivity index is 1.66. The van der Waals surface area contributed by atoms with Gasteiger partial charge in [0.15, 0.2) is 11.6 Å². The highest BCUT2D eigenvalue weighted by atomic mass is 19.1. The predicted octanol–water partition coefficient (Wildman–Crippen LogP) is 1.70. The van der Waals surface area contributed by atoms with E-state index in [-0.39, 0.29) is 5.56 Å². The van der Waals surface area contributed by atoms with Crippen LogP contribution in [0.2, 0.25) is 0 Å². The smallest absolute Gasteiger partial charge is 0.256 e. The lowest BCUT2D eigenvalue weighted by Gasteiger charge is -2.27. The van der Waals surface area contributed by atoms with E-state index in [1.54, 1.807) is 12.1 Å². The van der Waals surface area contributed by atoms with Crippen LogP contribution in [0.5, 0.6) is 0 Å². The average Bonchev–Trinajstić information content (AvgIpc) is 2.56. The molecule has 1 aliphatic heterocycles. The molecule has 0 atom stereocenters. The monoisotopic (exact) mass is 302 g/mol. The Morgan fingerprint density at radius 3 is 2.68 bits per heavy atom. The van der Waals surface area contributed by atoms with Gasteiger partial charge < -0.3 is 15.0 Å². The van der Waals surface area contributed by atoms with Crippen LogP contribution in [0, 0.1) is 5.82 Å². The number of nitrogens with zero attached hydrogens (tertiary/aromatic N) is 3. The molecule has 6 nitrogen and oxygen atoms in total. The lowest BCUT2D eigenvalue weighted by molar-refractivity contribution is 0.102. The Morgan fingerprint density at radius 2 is 2.00 bits per heavy atom. The van der Waals surface area contributed by atoms with Gasteiger partial charge in [0.2, 0.25) is 0 Å². The summed E-state index contributed by atoms with van der Waals surface area (Å²) in [5.74, 6) is 0.188. The summed E-state index contributed by atoms with van der Waals surface area (Å²) in [5, 5.41) is 10.7. The van der Waals surface area contributed by atoms with E-state index < -0.39 is 11.7 Å². The van der Waals surface area contributed by atoms with Crippen LogP contribution in [-0.4, -0.2) is 42.4 Å². The Hall–Kier alpha value is -2.54. The second-order valence-electron chi connectivity index (χ2n) is 4.84. The second-order valence-corrected chi connectivity index (χ2v) is 4.84. The lowest BCUT2D eigenvalue weighted by atomic mass is 10.2. The normalized spacial score (nSPS) is 14.7. The zero-order valence-corrected chi connectivity index (χ0v) is 11.8. The molecule has 1 amide bonds. The molecule has 0 bridgehead atoms. The van der Waals surface area contributed by atoms with E-state index in [1.807, 2.05) is 0 Å². The van der Waals surface area contributed by atoms with Crippen LogP contribution in [0.3, 0.4) is 0 Å². The van der Waals surface area contributed by atoms with E-state index in [0.29, 0.717) is 19.0 Å². The molecule has 0 spiro atoms. The fraction of sp³-hybridized carbons (Fsp3) is 0.267. The summed E-state index contributed by atoms with van der Waals surface area (Å²) in [7, 11) is 0. The van der Waals surface area contributed by atoms with Gasteiger partial charge in [0.05, 0.1) is 13.2 Å². The molecule has 0 unspecified atom stereocenters. The molecular formula is C15H15FN4O2. The van der Waals surface area contributed by atoms with Gasteiger partial charge in [0.1, 0.15) is 5.82 Å². The molecule has 7 heteroatoms. The van der Waals surface area contributed by atoms with Crippen molar-refractivity contribution in [2.75, 3.05) is 36.5 Å². The molecule has 3 rings (SSSR count). The van der Waals surface area contributed by atoms with Gasteiger partial charge in [-0.3, -0.25) is 4.79 Å². The number of aromatic nitrogens is 2. The number of anilines is 2. The molecule has 1 saturated heterocycles. The predicted molar refractivity (Wildman–Crippen MR) is 79.4 cm³/mol. The minimum atomic E-state index is -0.457. The van der Waals surface area contributed by atoms with Gasteiger partial charge in [-0.15, -0.1) is 10.2 Å². The van der Waals surface area contributed by atoms with E-state index in [2.05, 4.69) is 20.4 Å². The van der Waals surface area contributed by atoms with Crippen molar-refractivity contribution < 1.29 is 13.9 Å². The summed E-state index contributed by atoms with van der Waals surface area (Å²) in [4.78, 5) is 14.0. The summed E-state index contributed by atoms with van der Waals surface area (Å²) in [6.07, 6.45) is 0. The van der Waals surface area contributed by atoms with Crippen LogP contribution in [0.15, 0.2) is 36.4 Å². The minimum absolute atomic E-state index is 0.235. The fourth-order valence-corrected chi connectivity index (χ4v) is 2.17. The molecule has 1 N–H and O–H groups in total. The maximum atomic E-state index is 13.1. The Morgan fingerprint density at radius 1 is 1.18 bits per heavy atom. The fourth-order valence-electron chi connectivity index (χ4n) is 2.17. The van der Waals surface area contributed by atoms with E-state index in [9.17, 15) is 9.18 Å². The first-order valence-corrected chi connectivity index (χ1v) is 6.96. The molecule has 1 fully saturated rings. The number of carbonyl (C=O) groups excluding carboxylic acids is 1. The number of rotatable bonds is 3. The Kier molecular flexibility index (Phi) is 4.24. The highest BCUT2D eigenvalue weighted by Gasteiger charge is 2.13. The molecule has 1 aliphatic rings. The number of nitrogens with one attached hydrogen (secondary N) is 1. The first kappa shape index (κ1) is 14.4. The van der Waals surface area contributed by atoms with Gasteiger partial charge >= 0.3 is 0 Å². The second kappa shape index (κ2) is 6.48. The van der Waals surface area contributed by atoms with Crippen LogP contribution in [0.1, 0.15) is 10.4 Å². The van der Waals surface area contributed by atoms with Gasteiger partial charge in [-0.1, -0.05) is 6.07 Å². The van der Waals surface area contributed by atoms with Crippen LogP contribution in [0.4, 0.5) is 16.0 Å². The lowest BCUT2D eigenvalue weighted by Crippen LogP contribution is -2.36. The van der Waals surface area contributed by atoms with Crippen molar-refractivity contribution in [2.45, 2.75) is 0 Å². The minimum Gasteiger partial charge on any atom is -0.378 e. The van der Waals surface area contributed by atoms with E-state index in [0.717, 1.165) is 18.9 Å². The maximum absolute atomic E-state index is 13.1. The SMILES string of the molecule is O=C(Nc1ccc(N2CCOCC2)nn1)c1cccc(F)c1. The van der Waals surface area contributed by atoms with Crippen molar-refractivity contribution in [3.8, 4) is 0 Å². The van der Waals surface area contributed by atoms with E-state index >= 15 is 0 Å². The van der Waals surface area contributed by atoms with Gasteiger partial charge in [-0.2, -0.15) is 0 Å². The van der Waals surface area contributed by atoms with Crippen molar-refractivity contribution in [3.05, 3.63) is 47.8 Å². The standard InChI is InChI=1S/C15H15FN4O2/c16-12-3-1-2-11(10-12)15(21)17-13-4-5-14(19-18-13)20-6-8-22-9-7-20/h1-5,10H,6-9H2,(H,17,18,21). The number of carbonyl (C=O) groups is 1. The van der Waals surface area contributed by atoms with E-state index in [4.69, 9.17) is 4.74 Å². The topological polar surface area (TPSA) is 67.4 Å². The van der Waals surface area contributed by atoms with Crippen LogP contribution >= 0.6 is 0 Å². The van der Waals surface area contributed by atoms with E-state index in [1.165, 1.54) is 24.3 Å². The summed E-state index contributed by atoms with van der Waals surface area (Å²) in [5.41, 5.74) is 0.235. The van der Waals surface area contributed by atoms with Crippen LogP contribution in [-0.2, 0) is 4.74 Å². The number of hydrogen-bond donors (Lipinski definition) is 1. The molecule has 0 radical (unpaired) electrons. The molecule has 1 aromatic heterocycles. The van der Waals surface area contributed by atoms with Gasteiger partial charge in [-0.25, -0.2) is 4.39 Å². The van der Waals surface area contributed by atoms with Gasteiger partial charge in [0.25, 0.3) is 5.91 Å². The third-order valence-electron chi connectivity index (χ3n) is 3.31. The quantitative estimate of drug-likeness (QED) is 0.935. The summed E-state index contributed by atoms with van der Waals surface area (Å²) < 4.78 is 18.4. The Bertz CT molecular complexity index is 657. The van der Waals surface area contributed by atoms with Gasteiger partial charge in [-0.05, 0) is 30.3 Å². The summed E-state index contributed by atoms with van der Waals surface area (Å²) in [6, 6.07) is 8.94. The van der Waals surface area contributed by atoms with Crippen molar-refractivity contribution in [1.82, 2.24) is 10.2 Å². The van der Waals surface area contributed by atoms with Gasteiger partial charge in [0, 0.05) is 18.7 Å². The maximum Gasteiger partial charge on any atom is 0.256 e. The molecular weight excluding hydrogens is 287 g/mol. The average molecular weight is 302 g/mol.